The summed E-state index contributed by atoms with van der Waals surface area (Å²) < 4.78 is 7.06. The van der Waals surface area contributed by atoms with Crippen LogP contribution in [0.25, 0.3) is 139 Å². The molecule has 1 unspecified atom stereocenters. The Balaban J connectivity index is 0.000000153. The SMILES string of the molecule is CCC(C)c1cc(-c2[c-]cc3c(c2)c2ccccc2n3CC)ncc1[Si](C)(C)C.CCc1cc(-c2[c-]cc3c(c2)c2ccccc2n3-c2ccccc2)ncc1[Si](C)(C)C.CCn1c2c[c-]c(-c3cc(C(C)C)c([Si](C)(C)C)cn3)cc2c2ccccc21.[Ir].[Ir].[Ir].[c-]1ccccc1-c1ccccn1.[c-]1ccccc1-c1ccccn1.[c-]1ccccc1-c1ccccn1. The van der Waals surface area contributed by atoms with Crippen LogP contribution in [0, 0.1) is 36.4 Å². The summed E-state index contributed by atoms with van der Waals surface area (Å²) >= 11 is 0. The van der Waals surface area contributed by atoms with E-state index >= 15 is 0 Å². The number of aryl methyl sites for hydroxylation is 3. The Bertz CT molecular complexity index is 6480. The second-order valence-corrected chi connectivity index (χ2v) is 49.8. The van der Waals surface area contributed by atoms with Gasteiger partial charge in [0.05, 0.1) is 24.2 Å². The third kappa shape index (κ3) is 22.8. The normalized spacial score (nSPS) is 11.4. The Morgan fingerprint density at radius 2 is 0.646 bits per heavy atom. The van der Waals surface area contributed by atoms with Crippen LogP contribution < -0.4 is 15.6 Å². The van der Waals surface area contributed by atoms with Gasteiger partial charge in [-0.05, 0) is 169 Å². The van der Waals surface area contributed by atoms with Gasteiger partial charge < -0.3 is 43.6 Å². The van der Waals surface area contributed by atoms with Gasteiger partial charge in [-0.2, -0.15) is 0 Å². The summed E-state index contributed by atoms with van der Waals surface area (Å²) in [5.41, 5.74) is 25.3. The molecule has 0 saturated heterocycles. The van der Waals surface area contributed by atoms with Crippen LogP contribution in [-0.4, -0.2) is 67.8 Å². The molecule has 19 aromatic rings. The molecule has 0 bridgehead atoms. The van der Waals surface area contributed by atoms with E-state index in [0.29, 0.717) is 11.8 Å². The average molecular weight is 2240 g/mol. The molecular formula is C112H111Ir3N9Si3-6. The molecule has 0 aliphatic rings. The summed E-state index contributed by atoms with van der Waals surface area (Å²) in [4.78, 5) is 27.3. The Kier molecular flexibility index (Phi) is 33.7. The third-order valence-corrected chi connectivity index (χ3v) is 29.0. The summed E-state index contributed by atoms with van der Waals surface area (Å²) in [5, 5.41) is 12.1. The van der Waals surface area contributed by atoms with E-state index in [1.165, 1.54) is 103 Å². The molecule has 9 heterocycles. The van der Waals surface area contributed by atoms with Crippen LogP contribution >= 0.6 is 0 Å². The number of nitrogens with zero attached hydrogens (tertiary/aromatic N) is 9. The molecule has 0 aliphatic heterocycles. The summed E-state index contributed by atoms with van der Waals surface area (Å²) in [6.45, 7) is 39.3. The van der Waals surface area contributed by atoms with Crippen LogP contribution in [0.2, 0.25) is 58.9 Å². The number of hydrogen-bond donors (Lipinski definition) is 0. The molecule has 9 nitrogen and oxygen atoms in total. The van der Waals surface area contributed by atoms with E-state index in [1.54, 1.807) is 18.6 Å². The van der Waals surface area contributed by atoms with E-state index < -0.39 is 24.2 Å². The monoisotopic (exact) mass is 2240 g/mol. The van der Waals surface area contributed by atoms with Crippen LogP contribution in [0.5, 0.6) is 0 Å². The van der Waals surface area contributed by atoms with Gasteiger partial charge in [-0.25, -0.2) is 0 Å². The van der Waals surface area contributed by atoms with E-state index in [0.717, 1.165) is 93.5 Å². The van der Waals surface area contributed by atoms with Crippen molar-refractivity contribution in [3.8, 4) is 73.2 Å². The molecule has 127 heavy (non-hydrogen) atoms. The van der Waals surface area contributed by atoms with Gasteiger partial charge in [-0.15, -0.1) is 179 Å². The second-order valence-electron chi connectivity index (χ2n) is 34.7. The van der Waals surface area contributed by atoms with Crippen LogP contribution in [0.15, 0.2) is 322 Å². The Hall–Kier alpha value is -10.9. The zero-order valence-electron chi connectivity index (χ0n) is 75.6. The minimum atomic E-state index is -1.44. The van der Waals surface area contributed by atoms with Gasteiger partial charge in [0.1, 0.15) is 0 Å². The molecule has 10 aromatic carbocycles. The fraction of sp³-hybridized carbons (Fsp3) is 0.196. The van der Waals surface area contributed by atoms with E-state index in [4.69, 9.17) is 15.0 Å². The molecule has 0 saturated carbocycles. The third-order valence-electron chi connectivity index (χ3n) is 22.9. The molecule has 0 aliphatic carbocycles. The van der Waals surface area contributed by atoms with Gasteiger partial charge >= 0.3 is 0 Å². The number of pyridine rings is 6. The number of para-hydroxylation sites is 4. The van der Waals surface area contributed by atoms with Crippen LogP contribution in [0.3, 0.4) is 0 Å². The van der Waals surface area contributed by atoms with E-state index in [-0.39, 0.29) is 60.3 Å². The summed E-state index contributed by atoms with van der Waals surface area (Å²) in [7, 11) is -4.27. The molecular weight excluding hydrogens is 2130 g/mol. The zero-order chi connectivity index (χ0) is 87.1. The van der Waals surface area contributed by atoms with E-state index in [1.807, 2.05) is 127 Å². The quantitative estimate of drug-likeness (QED) is 0.0707. The average Bonchev–Trinajstić information content (AvgIpc) is 1.61. The van der Waals surface area contributed by atoms with E-state index in [9.17, 15) is 0 Å². The number of benzene rings is 10. The number of aromatic nitrogens is 9. The van der Waals surface area contributed by atoms with Crippen molar-refractivity contribution in [3.63, 3.8) is 0 Å². The first kappa shape index (κ1) is 96.7. The summed E-state index contributed by atoms with van der Waals surface area (Å²) in [6.07, 6.45) is 13.9. The second kappa shape index (κ2) is 44.2. The molecule has 0 spiro atoms. The number of fused-ring (bicyclic) bond motifs is 9. The van der Waals surface area contributed by atoms with Crippen molar-refractivity contribution in [2.24, 2.45) is 0 Å². The van der Waals surface area contributed by atoms with Crippen molar-refractivity contribution in [2.75, 3.05) is 0 Å². The Morgan fingerprint density at radius 3 is 1.02 bits per heavy atom. The van der Waals surface area contributed by atoms with Crippen molar-refractivity contribution < 1.29 is 60.3 Å². The van der Waals surface area contributed by atoms with Gasteiger partial charge in [0.15, 0.2) is 0 Å². The zero-order valence-corrected chi connectivity index (χ0v) is 85.8. The van der Waals surface area contributed by atoms with Gasteiger partial charge in [0.2, 0.25) is 0 Å². The minimum Gasteiger partial charge on any atom is -0.381 e. The molecule has 0 N–H and O–H groups in total. The summed E-state index contributed by atoms with van der Waals surface area (Å²) in [5.74, 6) is 1.04. The number of hydrogen-bond acceptors (Lipinski definition) is 6. The minimum absolute atomic E-state index is 0. The maximum absolute atomic E-state index is 4.90. The van der Waals surface area contributed by atoms with Gasteiger partial charge in [0.25, 0.3) is 0 Å². The smallest absolute Gasteiger partial charge is 0.0799 e. The predicted octanol–water partition coefficient (Wildman–Crippen LogP) is 27.5. The van der Waals surface area contributed by atoms with Crippen molar-refractivity contribution in [1.29, 1.82) is 0 Å². The fourth-order valence-corrected chi connectivity index (χ4v) is 21.3. The van der Waals surface area contributed by atoms with Crippen molar-refractivity contribution >= 4 is 105 Å². The number of rotatable bonds is 16. The van der Waals surface area contributed by atoms with Crippen LogP contribution in [0.1, 0.15) is 83.4 Å². The van der Waals surface area contributed by atoms with Crippen molar-refractivity contribution in [3.05, 3.63) is 375 Å². The molecule has 19 rings (SSSR count). The molecule has 649 valence electrons. The molecule has 0 amide bonds. The standard InChI is InChI=1S/C28H27N2Si.C26H31N2Si.C25H29N2Si.3C11H8N.3Ir/c1-5-20-18-25(29-19-28(20)31(2,3)4)21-15-16-27-24(17-21)23-13-9-10-14-26(23)30(27)22-11-7-6-8-12-22;1-7-18(3)21-16-23(27-17-26(21)29(4,5)6)19-13-14-25-22(15-19)20-11-9-10-12-24(20)28(25)8-2;1-7-27-23-11-9-8-10-19(23)21-14-18(12-13-24(21)27)22-15-20(17(2)3)25(16-26-22)28(4,5)6;3*1-2-6-10(7-3-1)11-8-4-5-9-12-11;;;/h6-14,16-19H,5H2,1-4H3;9-12,14-18H,7-8H2,1-6H3;8-11,13-17H,7H2,1-6H3;3*1-6,8-9H;;;/q6*-1;;;. The first-order valence-electron chi connectivity index (χ1n) is 43.5. The molecule has 1 atom stereocenters. The largest absolute Gasteiger partial charge is 0.381 e. The maximum atomic E-state index is 4.90. The van der Waals surface area contributed by atoms with Gasteiger partial charge in [0, 0.05) is 133 Å². The Labute approximate surface area is 795 Å². The molecule has 0 fully saturated rings. The summed E-state index contributed by atoms with van der Waals surface area (Å²) in [6, 6.07) is 118. The maximum Gasteiger partial charge on any atom is 0.0799 e. The first-order valence-corrected chi connectivity index (χ1v) is 54.0. The van der Waals surface area contributed by atoms with Crippen molar-refractivity contribution in [2.45, 2.75) is 145 Å². The van der Waals surface area contributed by atoms with Gasteiger partial charge in [-0.3, -0.25) is 0 Å². The van der Waals surface area contributed by atoms with Gasteiger partial charge in [-0.1, -0.05) is 254 Å². The molecule has 9 aromatic heterocycles. The van der Waals surface area contributed by atoms with E-state index in [2.05, 4.69) is 349 Å². The molecule has 3 radical (unpaired) electrons. The topological polar surface area (TPSA) is 92.1 Å². The first-order chi connectivity index (χ1) is 60.0. The molecule has 15 heteroatoms. The Morgan fingerprint density at radius 1 is 0.299 bits per heavy atom. The predicted molar refractivity (Wildman–Crippen MR) is 534 cm³/mol. The van der Waals surface area contributed by atoms with Crippen molar-refractivity contribution in [1.82, 2.24) is 43.6 Å². The fourth-order valence-electron chi connectivity index (χ4n) is 16.3. The van der Waals surface area contributed by atoms with Crippen LogP contribution in [-0.2, 0) is 79.8 Å². The van der Waals surface area contributed by atoms with Crippen LogP contribution in [0.4, 0.5) is 0 Å².